The number of allylic oxidation sites excluding steroid dienone is 4. The highest BCUT2D eigenvalue weighted by atomic mass is 19.1. The van der Waals surface area contributed by atoms with Gasteiger partial charge in [-0.2, -0.15) is 9.97 Å². The van der Waals surface area contributed by atoms with Gasteiger partial charge in [0.2, 0.25) is 0 Å². The standard InChI is InChI=1S/C15H19FN4O2/c1-20(13-5-3-11(16)4-6-13)9-12(17)10-22-15-18-7-14(21-2)8-19-15/h3,5,7-9H,4,6,10,17H2,1-2H3/b12-9-. The highest BCUT2D eigenvalue weighted by Crippen LogP contribution is 2.21. The number of nitrogens with two attached hydrogens (primary N) is 1. The first-order valence-corrected chi connectivity index (χ1v) is 6.81. The highest BCUT2D eigenvalue weighted by Gasteiger charge is 2.09. The van der Waals surface area contributed by atoms with Gasteiger partial charge in [-0.05, 0) is 18.6 Å². The van der Waals surface area contributed by atoms with Crippen molar-refractivity contribution in [3.05, 3.63) is 48.0 Å². The first-order chi connectivity index (χ1) is 10.6. The number of aromatic nitrogens is 2. The lowest BCUT2D eigenvalue weighted by Crippen LogP contribution is -2.18. The minimum absolute atomic E-state index is 0.103. The number of methoxy groups -OCH3 is 1. The molecule has 1 aromatic rings. The normalized spacial score (nSPS) is 15.0. The van der Waals surface area contributed by atoms with Gasteiger partial charge >= 0.3 is 6.01 Å². The van der Waals surface area contributed by atoms with E-state index in [1.165, 1.54) is 25.6 Å². The average Bonchev–Trinajstić information content (AvgIpc) is 2.54. The maximum absolute atomic E-state index is 13.0. The van der Waals surface area contributed by atoms with Gasteiger partial charge in [-0.15, -0.1) is 0 Å². The van der Waals surface area contributed by atoms with E-state index in [9.17, 15) is 4.39 Å². The molecule has 0 saturated carbocycles. The second-order valence-electron chi connectivity index (χ2n) is 4.78. The summed E-state index contributed by atoms with van der Waals surface area (Å²) in [5, 5.41) is 0. The van der Waals surface area contributed by atoms with Crippen LogP contribution in [-0.2, 0) is 0 Å². The fourth-order valence-electron chi connectivity index (χ4n) is 1.90. The molecular formula is C15H19FN4O2. The summed E-state index contributed by atoms with van der Waals surface area (Å²) >= 11 is 0. The molecule has 1 aliphatic rings. The van der Waals surface area contributed by atoms with E-state index in [1.807, 2.05) is 11.9 Å². The van der Waals surface area contributed by atoms with Crippen LogP contribution in [0.3, 0.4) is 0 Å². The van der Waals surface area contributed by atoms with Gasteiger partial charge in [-0.3, -0.25) is 0 Å². The van der Waals surface area contributed by atoms with E-state index in [2.05, 4.69) is 9.97 Å². The van der Waals surface area contributed by atoms with Crippen LogP contribution in [0.5, 0.6) is 11.8 Å². The summed E-state index contributed by atoms with van der Waals surface area (Å²) < 4.78 is 23.3. The Bertz CT molecular complexity index is 596. The van der Waals surface area contributed by atoms with Crippen LogP contribution in [0.15, 0.2) is 48.0 Å². The van der Waals surface area contributed by atoms with Crippen molar-refractivity contribution < 1.29 is 13.9 Å². The van der Waals surface area contributed by atoms with Crippen molar-refractivity contribution in [2.45, 2.75) is 12.8 Å². The number of hydrogen-bond donors (Lipinski definition) is 1. The third-order valence-corrected chi connectivity index (χ3v) is 3.10. The van der Waals surface area contributed by atoms with E-state index in [-0.39, 0.29) is 18.4 Å². The first kappa shape index (κ1) is 15.8. The van der Waals surface area contributed by atoms with Crippen LogP contribution in [0.4, 0.5) is 4.39 Å². The zero-order valence-electron chi connectivity index (χ0n) is 12.6. The summed E-state index contributed by atoms with van der Waals surface area (Å²) in [6.45, 7) is 0.161. The Morgan fingerprint density at radius 2 is 2.09 bits per heavy atom. The van der Waals surface area contributed by atoms with Crippen molar-refractivity contribution in [3.8, 4) is 11.8 Å². The maximum atomic E-state index is 13.0. The quantitative estimate of drug-likeness (QED) is 0.868. The molecule has 0 aliphatic heterocycles. The number of halogens is 1. The maximum Gasteiger partial charge on any atom is 0.316 e. The van der Waals surface area contributed by atoms with Crippen molar-refractivity contribution in [2.75, 3.05) is 20.8 Å². The fraction of sp³-hybridized carbons (Fsp3) is 0.333. The van der Waals surface area contributed by atoms with E-state index >= 15 is 0 Å². The average molecular weight is 306 g/mol. The van der Waals surface area contributed by atoms with Crippen molar-refractivity contribution in [1.82, 2.24) is 14.9 Å². The van der Waals surface area contributed by atoms with Crippen molar-refractivity contribution in [3.63, 3.8) is 0 Å². The molecule has 1 aliphatic carbocycles. The molecule has 0 atom stereocenters. The molecule has 7 heteroatoms. The fourth-order valence-corrected chi connectivity index (χ4v) is 1.90. The Balaban J connectivity index is 1.89. The van der Waals surface area contributed by atoms with Gasteiger partial charge in [0.15, 0.2) is 5.75 Å². The molecule has 22 heavy (non-hydrogen) atoms. The highest BCUT2D eigenvalue weighted by molar-refractivity contribution is 5.21. The molecule has 6 nitrogen and oxygen atoms in total. The second-order valence-corrected chi connectivity index (χ2v) is 4.78. The zero-order chi connectivity index (χ0) is 15.9. The Labute approximate surface area is 128 Å². The zero-order valence-corrected chi connectivity index (χ0v) is 12.6. The molecule has 0 amide bonds. The summed E-state index contributed by atoms with van der Waals surface area (Å²) in [5.41, 5.74) is 7.41. The minimum Gasteiger partial charge on any atom is -0.494 e. The number of ether oxygens (including phenoxy) is 2. The second kappa shape index (κ2) is 7.44. The molecule has 0 radical (unpaired) electrons. The smallest absolute Gasteiger partial charge is 0.316 e. The molecule has 2 rings (SSSR count). The first-order valence-electron chi connectivity index (χ1n) is 6.81. The molecule has 0 saturated heterocycles. The molecule has 118 valence electrons. The summed E-state index contributed by atoms with van der Waals surface area (Å²) in [6, 6.07) is 0.224. The molecule has 0 bridgehead atoms. The monoisotopic (exact) mass is 306 g/mol. The van der Waals surface area contributed by atoms with Gasteiger partial charge in [0, 0.05) is 25.4 Å². The number of rotatable bonds is 6. The summed E-state index contributed by atoms with van der Waals surface area (Å²) in [5.74, 6) is 0.453. The minimum atomic E-state index is -0.103. The van der Waals surface area contributed by atoms with Gasteiger partial charge in [0.1, 0.15) is 12.4 Å². The van der Waals surface area contributed by atoms with Gasteiger partial charge in [-0.25, -0.2) is 4.39 Å². The van der Waals surface area contributed by atoms with Gasteiger partial charge in [-0.1, -0.05) is 0 Å². The van der Waals surface area contributed by atoms with Gasteiger partial charge < -0.3 is 20.1 Å². The molecule has 0 aromatic carbocycles. The Morgan fingerprint density at radius 3 is 2.68 bits per heavy atom. The van der Waals surface area contributed by atoms with E-state index in [0.29, 0.717) is 24.3 Å². The van der Waals surface area contributed by atoms with Crippen molar-refractivity contribution >= 4 is 0 Å². The molecule has 2 N–H and O–H groups in total. The molecule has 0 unspecified atom stereocenters. The lowest BCUT2D eigenvalue weighted by atomic mass is 10.1. The summed E-state index contributed by atoms with van der Waals surface area (Å²) in [6.07, 6.45) is 9.05. The van der Waals surface area contributed by atoms with Crippen LogP contribution in [-0.4, -0.2) is 35.6 Å². The Hall–Kier alpha value is -2.57. The predicted molar refractivity (Wildman–Crippen MR) is 80.6 cm³/mol. The molecule has 0 fully saturated rings. The van der Waals surface area contributed by atoms with Crippen LogP contribution >= 0.6 is 0 Å². The molecule has 0 spiro atoms. The van der Waals surface area contributed by atoms with Crippen LogP contribution in [0, 0.1) is 0 Å². The van der Waals surface area contributed by atoms with E-state index in [0.717, 1.165) is 5.70 Å². The Morgan fingerprint density at radius 1 is 1.36 bits per heavy atom. The SMILES string of the molecule is COc1cnc(OC/C(N)=C/N(C)C2=CC=C(F)CC2)nc1. The van der Waals surface area contributed by atoms with Crippen molar-refractivity contribution in [2.24, 2.45) is 5.73 Å². The van der Waals surface area contributed by atoms with Crippen LogP contribution < -0.4 is 15.2 Å². The van der Waals surface area contributed by atoms with E-state index in [4.69, 9.17) is 15.2 Å². The van der Waals surface area contributed by atoms with Crippen LogP contribution in [0.1, 0.15) is 12.8 Å². The van der Waals surface area contributed by atoms with E-state index < -0.39 is 0 Å². The van der Waals surface area contributed by atoms with Crippen molar-refractivity contribution in [1.29, 1.82) is 0 Å². The van der Waals surface area contributed by atoms with Gasteiger partial charge in [0.05, 0.1) is 25.2 Å². The lowest BCUT2D eigenvalue weighted by Gasteiger charge is -2.21. The van der Waals surface area contributed by atoms with Gasteiger partial charge in [0.25, 0.3) is 0 Å². The lowest BCUT2D eigenvalue weighted by molar-refractivity contribution is 0.315. The molecule has 1 aromatic heterocycles. The topological polar surface area (TPSA) is 73.5 Å². The summed E-state index contributed by atoms with van der Waals surface area (Å²) in [4.78, 5) is 9.82. The summed E-state index contributed by atoms with van der Waals surface area (Å²) in [7, 11) is 3.40. The third kappa shape index (κ3) is 4.47. The van der Waals surface area contributed by atoms with Crippen LogP contribution in [0.25, 0.3) is 0 Å². The molecule has 1 heterocycles. The third-order valence-electron chi connectivity index (χ3n) is 3.10. The number of hydrogen-bond acceptors (Lipinski definition) is 6. The molecular weight excluding hydrogens is 287 g/mol. The largest absolute Gasteiger partial charge is 0.494 e. The van der Waals surface area contributed by atoms with E-state index in [1.54, 1.807) is 12.3 Å². The van der Waals surface area contributed by atoms with Crippen LogP contribution in [0.2, 0.25) is 0 Å². The number of nitrogens with zero attached hydrogens (tertiary/aromatic N) is 3. The predicted octanol–water partition coefficient (Wildman–Crippen LogP) is 2.13. The Kier molecular flexibility index (Phi) is 5.35.